The van der Waals surface area contributed by atoms with E-state index < -0.39 is 0 Å². The van der Waals surface area contributed by atoms with Gasteiger partial charge in [-0.1, -0.05) is 36.4 Å². The second kappa shape index (κ2) is 9.75. The molecule has 1 amide bonds. The van der Waals surface area contributed by atoms with Gasteiger partial charge in [0.25, 0.3) is 0 Å². The maximum atomic E-state index is 12.3. The number of carbonyl (C=O) groups excluding carboxylic acids is 1. The fourth-order valence-electron chi connectivity index (χ4n) is 4.17. The molecule has 0 radical (unpaired) electrons. The summed E-state index contributed by atoms with van der Waals surface area (Å²) in [6, 6.07) is 16.1. The third-order valence-corrected chi connectivity index (χ3v) is 5.75. The zero-order chi connectivity index (χ0) is 21.6. The van der Waals surface area contributed by atoms with Gasteiger partial charge in [0, 0.05) is 38.9 Å². The quantitative estimate of drug-likeness (QED) is 0.638. The zero-order valence-corrected chi connectivity index (χ0v) is 18.3. The van der Waals surface area contributed by atoms with Gasteiger partial charge < -0.3 is 10.2 Å². The Kier molecular flexibility index (Phi) is 6.62. The molecule has 7 heteroatoms. The highest BCUT2D eigenvalue weighted by atomic mass is 16.2. The van der Waals surface area contributed by atoms with E-state index >= 15 is 0 Å². The van der Waals surface area contributed by atoms with Crippen molar-refractivity contribution in [3.63, 3.8) is 0 Å². The average molecular weight is 419 g/mol. The Morgan fingerprint density at radius 2 is 1.74 bits per heavy atom. The summed E-state index contributed by atoms with van der Waals surface area (Å²) in [6.07, 6.45) is 2.65. The number of nitrogens with zero attached hydrogens (tertiary/aromatic N) is 5. The van der Waals surface area contributed by atoms with Crippen molar-refractivity contribution >= 4 is 11.6 Å². The molecular formula is C24H30N6O. The number of pyridine rings is 1. The van der Waals surface area contributed by atoms with Crippen LogP contribution in [0, 0.1) is 13.8 Å². The van der Waals surface area contributed by atoms with Crippen molar-refractivity contribution in [3.05, 3.63) is 71.7 Å². The molecule has 7 nitrogen and oxygen atoms in total. The lowest BCUT2D eigenvalue weighted by Gasteiger charge is -2.35. The van der Waals surface area contributed by atoms with Crippen LogP contribution in [0.25, 0.3) is 5.82 Å². The predicted molar refractivity (Wildman–Crippen MR) is 123 cm³/mol. The molecule has 1 aromatic carbocycles. The number of nitrogens with one attached hydrogen (secondary N) is 1. The molecular weight excluding hydrogens is 388 g/mol. The van der Waals surface area contributed by atoms with Crippen molar-refractivity contribution in [1.29, 1.82) is 0 Å². The van der Waals surface area contributed by atoms with E-state index in [1.165, 1.54) is 11.3 Å². The third kappa shape index (κ3) is 5.11. The number of hydrogen-bond donors (Lipinski definition) is 1. The van der Waals surface area contributed by atoms with Crippen molar-refractivity contribution in [1.82, 2.24) is 25.0 Å². The van der Waals surface area contributed by atoms with E-state index in [4.69, 9.17) is 5.10 Å². The molecule has 162 valence electrons. The SMILES string of the molecule is Cc1nn(-c2ccccn2)c(C)c1N1CCN(CC(=O)NCCc2ccccc2)CC1. The van der Waals surface area contributed by atoms with Crippen molar-refractivity contribution in [2.45, 2.75) is 20.3 Å². The molecule has 0 saturated carbocycles. The molecule has 0 unspecified atom stereocenters. The molecule has 1 fully saturated rings. The van der Waals surface area contributed by atoms with E-state index in [2.05, 4.69) is 39.2 Å². The Morgan fingerprint density at radius 1 is 1.00 bits per heavy atom. The van der Waals surface area contributed by atoms with E-state index in [1.807, 2.05) is 48.0 Å². The first-order valence-electron chi connectivity index (χ1n) is 10.9. The van der Waals surface area contributed by atoms with Gasteiger partial charge in [-0.05, 0) is 38.0 Å². The van der Waals surface area contributed by atoms with Crippen LogP contribution in [-0.2, 0) is 11.2 Å². The van der Waals surface area contributed by atoms with Crippen molar-refractivity contribution in [2.24, 2.45) is 0 Å². The minimum absolute atomic E-state index is 0.0970. The normalized spacial score (nSPS) is 14.6. The summed E-state index contributed by atoms with van der Waals surface area (Å²) in [4.78, 5) is 21.4. The molecule has 1 N–H and O–H groups in total. The van der Waals surface area contributed by atoms with Gasteiger partial charge in [0.1, 0.15) is 0 Å². The number of aryl methyl sites for hydroxylation is 1. The number of piperazine rings is 1. The van der Waals surface area contributed by atoms with E-state index in [9.17, 15) is 4.79 Å². The molecule has 4 rings (SSSR count). The predicted octanol–water partition coefficient (Wildman–Crippen LogP) is 2.37. The largest absolute Gasteiger partial charge is 0.366 e. The lowest BCUT2D eigenvalue weighted by molar-refractivity contribution is -0.122. The molecule has 0 bridgehead atoms. The van der Waals surface area contributed by atoms with Crippen molar-refractivity contribution in [3.8, 4) is 5.82 Å². The summed E-state index contributed by atoms with van der Waals surface area (Å²) in [7, 11) is 0. The van der Waals surface area contributed by atoms with Crippen LogP contribution in [0.5, 0.6) is 0 Å². The molecule has 1 aliphatic rings. The van der Waals surface area contributed by atoms with Crippen LogP contribution in [0.3, 0.4) is 0 Å². The summed E-state index contributed by atoms with van der Waals surface area (Å²) in [5, 5.41) is 7.76. The Morgan fingerprint density at radius 3 is 2.45 bits per heavy atom. The minimum Gasteiger partial charge on any atom is -0.366 e. The van der Waals surface area contributed by atoms with Crippen LogP contribution in [0.1, 0.15) is 17.0 Å². The molecule has 3 aromatic rings. The number of carbonyl (C=O) groups is 1. The Labute approximate surface area is 183 Å². The van der Waals surface area contributed by atoms with Gasteiger partial charge in [-0.2, -0.15) is 5.10 Å². The van der Waals surface area contributed by atoms with Gasteiger partial charge >= 0.3 is 0 Å². The van der Waals surface area contributed by atoms with Crippen LogP contribution in [0.2, 0.25) is 0 Å². The van der Waals surface area contributed by atoms with Gasteiger partial charge in [0.05, 0.1) is 23.6 Å². The summed E-state index contributed by atoms with van der Waals surface area (Å²) in [5.41, 5.74) is 4.53. The minimum atomic E-state index is 0.0970. The molecule has 0 aliphatic carbocycles. The van der Waals surface area contributed by atoms with E-state index in [0.717, 1.165) is 49.8 Å². The Balaban J connectivity index is 1.28. The molecule has 0 spiro atoms. The monoisotopic (exact) mass is 418 g/mol. The zero-order valence-electron chi connectivity index (χ0n) is 18.3. The number of amides is 1. The van der Waals surface area contributed by atoms with Crippen molar-refractivity contribution in [2.75, 3.05) is 44.2 Å². The molecule has 1 saturated heterocycles. The summed E-state index contributed by atoms with van der Waals surface area (Å²) < 4.78 is 1.91. The van der Waals surface area contributed by atoms with E-state index in [1.54, 1.807) is 6.20 Å². The van der Waals surface area contributed by atoms with E-state index in [-0.39, 0.29) is 5.91 Å². The first-order chi connectivity index (χ1) is 15.1. The molecule has 1 aliphatic heterocycles. The number of anilines is 1. The molecule has 0 atom stereocenters. The van der Waals surface area contributed by atoms with Crippen LogP contribution >= 0.6 is 0 Å². The average Bonchev–Trinajstić information content (AvgIpc) is 3.09. The summed E-state index contributed by atoms with van der Waals surface area (Å²) in [6.45, 7) is 8.76. The van der Waals surface area contributed by atoms with E-state index in [0.29, 0.717) is 13.1 Å². The van der Waals surface area contributed by atoms with Crippen LogP contribution < -0.4 is 10.2 Å². The van der Waals surface area contributed by atoms with Gasteiger partial charge in [-0.3, -0.25) is 9.69 Å². The molecule has 3 heterocycles. The van der Waals surface area contributed by atoms with Gasteiger partial charge in [-0.25, -0.2) is 9.67 Å². The maximum absolute atomic E-state index is 12.3. The number of rotatable bonds is 7. The first kappa shape index (κ1) is 21.1. The van der Waals surface area contributed by atoms with Crippen LogP contribution in [0.4, 0.5) is 5.69 Å². The fraction of sp³-hybridized carbons (Fsp3) is 0.375. The number of hydrogen-bond acceptors (Lipinski definition) is 5. The summed E-state index contributed by atoms with van der Waals surface area (Å²) in [5.74, 6) is 0.930. The number of benzene rings is 1. The molecule has 31 heavy (non-hydrogen) atoms. The van der Waals surface area contributed by atoms with Gasteiger partial charge in [0.2, 0.25) is 5.91 Å². The highest BCUT2D eigenvalue weighted by Crippen LogP contribution is 2.27. The second-order valence-corrected chi connectivity index (χ2v) is 7.97. The van der Waals surface area contributed by atoms with Crippen molar-refractivity contribution < 1.29 is 4.79 Å². The summed E-state index contributed by atoms with van der Waals surface area (Å²) >= 11 is 0. The topological polar surface area (TPSA) is 66.3 Å². The Hall–Kier alpha value is -3.19. The number of aromatic nitrogens is 3. The maximum Gasteiger partial charge on any atom is 0.234 e. The lowest BCUT2D eigenvalue weighted by atomic mass is 10.1. The standard InChI is InChI=1S/C24H30N6O/c1-19-24(20(2)30(27-19)22-10-6-7-12-25-22)29-16-14-28(15-17-29)18-23(31)26-13-11-21-8-4-3-5-9-21/h3-10,12H,11,13-18H2,1-2H3,(H,26,31). The smallest absolute Gasteiger partial charge is 0.234 e. The third-order valence-electron chi connectivity index (χ3n) is 5.75. The second-order valence-electron chi connectivity index (χ2n) is 7.97. The van der Waals surface area contributed by atoms with Gasteiger partial charge in [-0.15, -0.1) is 0 Å². The molecule has 2 aromatic heterocycles. The Bertz CT molecular complexity index is 994. The van der Waals surface area contributed by atoms with Crippen LogP contribution in [0.15, 0.2) is 54.7 Å². The first-order valence-corrected chi connectivity index (χ1v) is 10.9. The van der Waals surface area contributed by atoms with Crippen LogP contribution in [-0.4, -0.2) is 64.8 Å². The lowest BCUT2D eigenvalue weighted by Crippen LogP contribution is -2.49. The highest BCUT2D eigenvalue weighted by molar-refractivity contribution is 5.78. The highest BCUT2D eigenvalue weighted by Gasteiger charge is 2.24. The van der Waals surface area contributed by atoms with Gasteiger partial charge in [0.15, 0.2) is 5.82 Å². The fourth-order valence-corrected chi connectivity index (χ4v) is 4.17.